The number of nitrogens with zero attached hydrogens (tertiary/aromatic N) is 4. The average Bonchev–Trinajstić information content (AvgIpc) is 3.23. The van der Waals surface area contributed by atoms with Crippen LogP contribution in [0.15, 0.2) is 78.9 Å². The molecule has 0 amide bonds. The maximum Gasteiger partial charge on any atom is 0.204 e. The fourth-order valence-electron chi connectivity index (χ4n) is 2.78. The first-order valence-corrected chi connectivity index (χ1v) is 8.04. The minimum atomic E-state index is 0.599. The van der Waals surface area contributed by atoms with E-state index in [-0.39, 0.29) is 0 Å². The standard InChI is InChI=1S/C20H17N5/c1-25(19-13-9-17(10-14-19)20-21-23-24-22-20)18-11-7-16(8-12-18)15-5-3-2-4-6-15/h2-14H,1H3,(H,21,22,23,24). The predicted molar refractivity (Wildman–Crippen MR) is 99.6 cm³/mol. The van der Waals surface area contributed by atoms with Crippen LogP contribution in [0.4, 0.5) is 11.4 Å². The molecular weight excluding hydrogens is 310 g/mol. The molecule has 0 unspecified atom stereocenters. The molecule has 1 N–H and O–H groups in total. The van der Waals surface area contributed by atoms with Gasteiger partial charge in [-0.1, -0.05) is 42.5 Å². The SMILES string of the molecule is CN(c1ccc(-c2ccccc2)cc1)c1ccc(-c2nn[nH]n2)cc1. The van der Waals surface area contributed by atoms with Gasteiger partial charge in [0.05, 0.1) is 0 Å². The van der Waals surface area contributed by atoms with Gasteiger partial charge in [-0.3, -0.25) is 0 Å². The third kappa shape index (κ3) is 3.12. The van der Waals surface area contributed by atoms with Crippen LogP contribution in [0.3, 0.4) is 0 Å². The molecule has 0 radical (unpaired) electrons. The first kappa shape index (κ1) is 15.1. The largest absolute Gasteiger partial charge is 0.345 e. The number of rotatable bonds is 4. The zero-order valence-electron chi connectivity index (χ0n) is 13.8. The van der Waals surface area contributed by atoms with Gasteiger partial charge in [0.15, 0.2) is 0 Å². The van der Waals surface area contributed by atoms with E-state index < -0.39 is 0 Å². The van der Waals surface area contributed by atoms with Crippen molar-refractivity contribution in [3.8, 4) is 22.5 Å². The Balaban J connectivity index is 1.55. The van der Waals surface area contributed by atoms with E-state index in [0.29, 0.717) is 5.82 Å². The highest BCUT2D eigenvalue weighted by Gasteiger charge is 2.07. The minimum Gasteiger partial charge on any atom is -0.345 e. The smallest absolute Gasteiger partial charge is 0.204 e. The van der Waals surface area contributed by atoms with Crippen molar-refractivity contribution in [1.29, 1.82) is 0 Å². The Morgan fingerprint density at radius 2 is 1.24 bits per heavy atom. The lowest BCUT2D eigenvalue weighted by atomic mass is 10.1. The molecule has 3 aromatic carbocycles. The summed E-state index contributed by atoms with van der Waals surface area (Å²) in [4.78, 5) is 2.15. The predicted octanol–water partition coefficient (Wildman–Crippen LogP) is 4.30. The molecule has 0 aliphatic heterocycles. The van der Waals surface area contributed by atoms with Gasteiger partial charge in [-0.25, -0.2) is 0 Å². The number of aromatic amines is 1. The second-order valence-electron chi connectivity index (χ2n) is 5.75. The van der Waals surface area contributed by atoms with Crippen LogP contribution < -0.4 is 4.90 Å². The van der Waals surface area contributed by atoms with E-state index in [0.717, 1.165) is 16.9 Å². The van der Waals surface area contributed by atoms with Crippen molar-refractivity contribution in [2.24, 2.45) is 0 Å². The van der Waals surface area contributed by atoms with E-state index in [2.05, 4.69) is 93.2 Å². The Morgan fingerprint density at radius 1 is 0.680 bits per heavy atom. The molecule has 1 heterocycles. The molecular formula is C20H17N5. The van der Waals surface area contributed by atoms with E-state index in [1.54, 1.807) is 0 Å². The average molecular weight is 327 g/mol. The number of hydrogen-bond donors (Lipinski definition) is 1. The lowest BCUT2D eigenvalue weighted by molar-refractivity contribution is 0.881. The number of hydrogen-bond acceptors (Lipinski definition) is 4. The monoisotopic (exact) mass is 327 g/mol. The summed E-state index contributed by atoms with van der Waals surface area (Å²) in [5.41, 5.74) is 5.60. The number of aromatic nitrogens is 4. The Kier molecular flexibility index (Phi) is 3.96. The minimum absolute atomic E-state index is 0.599. The second kappa shape index (κ2) is 6.57. The number of H-pyrrole nitrogens is 1. The Bertz CT molecular complexity index is 930. The van der Waals surface area contributed by atoms with Gasteiger partial charge in [-0.05, 0) is 52.7 Å². The molecule has 4 rings (SSSR count). The van der Waals surface area contributed by atoms with Crippen molar-refractivity contribution in [3.63, 3.8) is 0 Å². The van der Waals surface area contributed by atoms with E-state index in [1.807, 2.05) is 18.2 Å². The summed E-state index contributed by atoms with van der Waals surface area (Å²) in [6, 6.07) is 27.0. The van der Waals surface area contributed by atoms with E-state index in [4.69, 9.17) is 0 Å². The third-order valence-electron chi connectivity index (χ3n) is 4.22. The summed E-state index contributed by atoms with van der Waals surface area (Å²) < 4.78 is 0. The fraction of sp³-hybridized carbons (Fsp3) is 0.0500. The summed E-state index contributed by atoms with van der Waals surface area (Å²) in [6.45, 7) is 0. The molecule has 5 nitrogen and oxygen atoms in total. The summed E-state index contributed by atoms with van der Waals surface area (Å²) in [5, 5.41) is 14.1. The lowest BCUT2D eigenvalue weighted by Gasteiger charge is -2.20. The van der Waals surface area contributed by atoms with E-state index in [1.165, 1.54) is 11.1 Å². The number of nitrogens with one attached hydrogen (secondary N) is 1. The maximum atomic E-state index is 4.00. The van der Waals surface area contributed by atoms with Crippen LogP contribution in [0.1, 0.15) is 0 Å². The Labute approximate surface area is 146 Å². The highest BCUT2D eigenvalue weighted by molar-refractivity contribution is 5.70. The van der Waals surface area contributed by atoms with E-state index in [9.17, 15) is 0 Å². The molecule has 1 aromatic heterocycles. The van der Waals surface area contributed by atoms with Crippen molar-refractivity contribution < 1.29 is 0 Å². The van der Waals surface area contributed by atoms with Crippen LogP contribution in [0.25, 0.3) is 22.5 Å². The van der Waals surface area contributed by atoms with E-state index >= 15 is 0 Å². The summed E-state index contributed by atoms with van der Waals surface area (Å²) >= 11 is 0. The molecule has 0 fully saturated rings. The van der Waals surface area contributed by atoms with Gasteiger partial charge in [0.1, 0.15) is 0 Å². The highest BCUT2D eigenvalue weighted by Crippen LogP contribution is 2.28. The van der Waals surface area contributed by atoms with Crippen molar-refractivity contribution in [1.82, 2.24) is 20.6 Å². The van der Waals surface area contributed by atoms with Crippen LogP contribution in [-0.4, -0.2) is 27.7 Å². The van der Waals surface area contributed by atoms with Crippen LogP contribution in [0.5, 0.6) is 0 Å². The second-order valence-corrected chi connectivity index (χ2v) is 5.75. The summed E-state index contributed by atoms with van der Waals surface area (Å²) in [6.07, 6.45) is 0. The van der Waals surface area contributed by atoms with Crippen LogP contribution in [0, 0.1) is 0 Å². The molecule has 0 saturated heterocycles. The van der Waals surface area contributed by atoms with Crippen molar-refractivity contribution in [3.05, 3.63) is 78.9 Å². The quantitative estimate of drug-likeness (QED) is 0.607. The van der Waals surface area contributed by atoms with Crippen LogP contribution in [-0.2, 0) is 0 Å². The lowest BCUT2D eigenvalue weighted by Crippen LogP contribution is -2.09. The molecule has 0 saturated carbocycles. The zero-order chi connectivity index (χ0) is 17.1. The topological polar surface area (TPSA) is 57.7 Å². The zero-order valence-corrected chi connectivity index (χ0v) is 13.8. The third-order valence-corrected chi connectivity index (χ3v) is 4.22. The summed E-state index contributed by atoms with van der Waals surface area (Å²) in [7, 11) is 2.06. The number of anilines is 2. The van der Waals surface area contributed by atoms with Gasteiger partial charge in [-0.2, -0.15) is 5.21 Å². The highest BCUT2D eigenvalue weighted by atomic mass is 15.5. The van der Waals surface area contributed by atoms with Gasteiger partial charge >= 0.3 is 0 Å². The van der Waals surface area contributed by atoms with Crippen LogP contribution in [0.2, 0.25) is 0 Å². The molecule has 0 aliphatic carbocycles. The van der Waals surface area contributed by atoms with Crippen molar-refractivity contribution in [2.75, 3.05) is 11.9 Å². The van der Waals surface area contributed by atoms with Crippen LogP contribution >= 0.6 is 0 Å². The molecule has 5 heteroatoms. The van der Waals surface area contributed by atoms with Gasteiger partial charge in [0.2, 0.25) is 5.82 Å². The first-order chi connectivity index (χ1) is 12.3. The first-order valence-electron chi connectivity index (χ1n) is 8.04. The molecule has 0 spiro atoms. The molecule has 25 heavy (non-hydrogen) atoms. The molecule has 4 aromatic rings. The summed E-state index contributed by atoms with van der Waals surface area (Å²) in [5.74, 6) is 0.599. The van der Waals surface area contributed by atoms with Crippen molar-refractivity contribution >= 4 is 11.4 Å². The van der Waals surface area contributed by atoms with Gasteiger partial charge in [0.25, 0.3) is 0 Å². The number of tetrazole rings is 1. The molecule has 0 aliphatic rings. The molecule has 122 valence electrons. The normalized spacial score (nSPS) is 10.6. The molecule has 0 bridgehead atoms. The number of benzene rings is 3. The van der Waals surface area contributed by atoms with Gasteiger partial charge in [0, 0.05) is 24.0 Å². The van der Waals surface area contributed by atoms with Gasteiger partial charge in [-0.15, -0.1) is 10.2 Å². The van der Waals surface area contributed by atoms with Crippen molar-refractivity contribution in [2.45, 2.75) is 0 Å². The maximum absolute atomic E-state index is 4.00. The van der Waals surface area contributed by atoms with Gasteiger partial charge < -0.3 is 4.90 Å². The Morgan fingerprint density at radius 3 is 1.80 bits per heavy atom. The Hall–Kier alpha value is -3.47. The fourth-order valence-corrected chi connectivity index (χ4v) is 2.78. The molecule has 0 atom stereocenters.